The molecule has 0 saturated heterocycles. The van der Waals surface area contributed by atoms with Crippen molar-refractivity contribution in [2.24, 2.45) is 0 Å². The van der Waals surface area contributed by atoms with E-state index in [1.165, 1.54) is 6.92 Å². The van der Waals surface area contributed by atoms with Crippen LogP contribution < -0.4 is 15.4 Å². The van der Waals surface area contributed by atoms with E-state index in [1.807, 2.05) is 6.92 Å². The van der Waals surface area contributed by atoms with E-state index in [0.717, 1.165) is 17.5 Å². The smallest absolute Gasteiger partial charge is 0.338 e. The van der Waals surface area contributed by atoms with Gasteiger partial charge in [-0.2, -0.15) is 0 Å². The lowest BCUT2D eigenvalue weighted by Gasteiger charge is -2.08. The van der Waals surface area contributed by atoms with Gasteiger partial charge in [-0.1, -0.05) is 31.2 Å². The summed E-state index contributed by atoms with van der Waals surface area (Å²) >= 11 is 0. The van der Waals surface area contributed by atoms with Crippen molar-refractivity contribution >= 4 is 23.9 Å². The van der Waals surface area contributed by atoms with Crippen LogP contribution in [0, 0.1) is 0 Å². The maximum atomic E-state index is 12.1. The fourth-order valence-electron chi connectivity index (χ4n) is 2.34. The summed E-state index contributed by atoms with van der Waals surface area (Å²) in [6.45, 7) is 3.10. The first-order valence-electron chi connectivity index (χ1n) is 9.02. The van der Waals surface area contributed by atoms with E-state index < -0.39 is 30.5 Å². The van der Waals surface area contributed by atoms with Gasteiger partial charge in [-0.05, 0) is 41.8 Å². The summed E-state index contributed by atoms with van der Waals surface area (Å²) in [6.07, 6.45) is 0.739. The van der Waals surface area contributed by atoms with Crippen molar-refractivity contribution in [3.63, 3.8) is 0 Å². The van der Waals surface area contributed by atoms with Gasteiger partial charge in [0.05, 0.1) is 5.56 Å². The second-order valence-corrected chi connectivity index (χ2v) is 6.08. The number of imide groups is 1. The molecule has 2 aromatic carbocycles. The lowest BCUT2D eigenvalue weighted by Crippen LogP contribution is -2.41. The third-order valence-electron chi connectivity index (χ3n) is 3.69. The van der Waals surface area contributed by atoms with E-state index in [2.05, 4.69) is 10.6 Å². The third-order valence-corrected chi connectivity index (χ3v) is 3.69. The zero-order valence-corrected chi connectivity index (χ0v) is 16.2. The number of carbonyl (C=O) groups excluding carboxylic acids is 4. The minimum absolute atomic E-state index is 0.272. The fourth-order valence-corrected chi connectivity index (χ4v) is 2.34. The van der Waals surface area contributed by atoms with E-state index >= 15 is 0 Å². The zero-order valence-electron chi connectivity index (χ0n) is 16.2. The van der Waals surface area contributed by atoms with Crippen molar-refractivity contribution in [3.05, 3.63) is 54.1 Å². The van der Waals surface area contributed by atoms with Crippen LogP contribution in [0.25, 0.3) is 11.1 Å². The Morgan fingerprint density at radius 3 is 2.03 bits per heavy atom. The Kier molecular flexibility index (Phi) is 7.90. The largest absolute Gasteiger partial charge is 0.452 e. The van der Waals surface area contributed by atoms with Crippen LogP contribution in [0.15, 0.2) is 48.5 Å². The van der Waals surface area contributed by atoms with E-state index in [-0.39, 0.29) is 5.56 Å². The van der Waals surface area contributed by atoms with Crippen molar-refractivity contribution in [3.8, 4) is 16.9 Å². The van der Waals surface area contributed by atoms with E-state index in [9.17, 15) is 19.2 Å². The molecule has 3 amide bonds. The second kappa shape index (κ2) is 10.6. The van der Waals surface area contributed by atoms with Crippen molar-refractivity contribution in [1.29, 1.82) is 0 Å². The lowest BCUT2D eigenvalue weighted by molar-refractivity contribution is -0.131. The molecular formula is C21H22N2O6. The Labute approximate surface area is 168 Å². The second-order valence-electron chi connectivity index (χ2n) is 6.08. The Bertz CT molecular complexity index is 875. The standard InChI is InChI=1S/C21H22N2O6/c1-3-12-22-21(27)23-19(25)13-28-20(26)17-6-4-15(5-7-17)16-8-10-18(11-9-16)29-14(2)24/h4-11H,3,12-13H2,1-2H3,(H2,22,23,25,27). The molecular weight excluding hydrogens is 376 g/mol. The van der Waals surface area contributed by atoms with Gasteiger partial charge in [-0.3, -0.25) is 14.9 Å². The number of amides is 3. The molecule has 2 aromatic rings. The van der Waals surface area contributed by atoms with Crippen molar-refractivity contribution in [2.75, 3.05) is 13.2 Å². The average Bonchev–Trinajstić information content (AvgIpc) is 2.70. The van der Waals surface area contributed by atoms with Crippen molar-refractivity contribution in [1.82, 2.24) is 10.6 Å². The molecule has 0 heterocycles. The van der Waals surface area contributed by atoms with Gasteiger partial charge >= 0.3 is 18.0 Å². The highest BCUT2D eigenvalue weighted by atomic mass is 16.5. The number of ether oxygens (including phenoxy) is 2. The average molecular weight is 398 g/mol. The Hall–Kier alpha value is -3.68. The van der Waals surface area contributed by atoms with Crippen LogP contribution in [0.1, 0.15) is 30.6 Å². The first kappa shape index (κ1) is 21.6. The molecule has 0 radical (unpaired) electrons. The number of nitrogens with one attached hydrogen (secondary N) is 2. The monoisotopic (exact) mass is 398 g/mol. The number of hydrogen-bond acceptors (Lipinski definition) is 6. The normalized spacial score (nSPS) is 10.0. The van der Waals surface area contributed by atoms with Gasteiger partial charge in [-0.15, -0.1) is 0 Å². The zero-order chi connectivity index (χ0) is 21.2. The number of esters is 2. The highest BCUT2D eigenvalue weighted by molar-refractivity contribution is 5.97. The Balaban J connectivity index is 1.89. The number of rotatable bonds is 7. The highest BCUT2D eigenvalue weighted by Gasteiger charge is 2.12. The topological polar surface area (TPSA) is 111 Å². The maximum Gasteiger partial charge on any atom is 0.338 e. The van der Waals surface area contributed by atoms with Gasteiger partial charge < -0.3 is 14.8 Å². The quantitative estimate of drug-likeness (QED) is 0.548. The molecule has 29 heavy (non-hydrogen) atoms. The summed E-state index contributed by atoms with van der Waals surface area (Å²) < 4.78 is 9.90. The van der Waals surface area contributed by atoms with Crippen LogP contribution in [0.4, 0.5) is 4.79 Å². The molecule has 2 N–H and O–H groups in total. The molecule has 0 aliphatic carbocycles. The third kappa shape index (κ3) is 7.10. The number of benzene rings is 2. The molecule has 0 fully saturated rings. The van der Waals surface area contributed by atoms with Crippen LogP contribution in [0.3, 0.4) is 0 Å². The van der Waals surface area contributed by atoms with E-state index in [0.29, 0.717) is 12.3 Å². The molecule has 2 rings (SSSR count). The number of urea groups is 1. The van der Waals surface area contributed by atoms with E-state index in [4.69, 9.17) is 9.47 Å². The molecule has 0 unspecified atom stereocenters. The molecule has 0 aliphatic heterocycles. The molecule has 8 nitrogen and oxygen atoms in total. The molecule has 0 bridgehead atoms. The molecule has 0 aliphatic rings. The van der Waals surface area contributed by atoms with Crippen LogP contribution in [-0.2, 0) is 14.3 Å². The summed E-state index contributed by atoms with van der Waals surface area (Å²) in [4.78, 5) is 46.0. The minimum atomic E-state index is -0.712. The fraction of sp³-hybridized carbons (Fsp3) is 0.238. The number of carbonyl (C=O) groups is 4. The highest BCUT2D eigenvalue weighted by Crippen LogP contribution is 2.23. The maximum absolute atomic E-state index is 12.1. The summed E-state index contributed by atoms with van der Waals surface area (Å²) in [6, 6.07) is 12.9. The Morgan fingerprint density at radius 2 is 1.48 bits per heavy atom. The summed E-state index contributed by atoms with van der Waals surface area (Å²) in [5.74, 6) is -1.33. The van der Waals surface area contributed by atoms with Crippen LogP contribution >= 0.6 is 0 Å². The molecule has 152 valence electrons. The molecule has 0 saturated carbocycles. The van der Waals surface area contributed by atoms with Gasteiger partial charge in [-0.25, -0.2) is 9.59 Å². The van der Waals surface area contributed by atoms with Gasteiger partial charge in [0.15, 0.2) is 6.61 Å². The first-order valence-corrected chi connectivity index (χ1v) is 9.02. The molecule has 8 heteroatoms. The minimum Gasteiger partial charge on any atom is -0.452 e. The van der Waals surface area contributed by atoms with Crippen molar-refractivity contribution in [2.45, 2.75) is 20.3 Å². The summed E-state index contributed by atoms with van der Waals surface area (Å²) in [5.41, 5.74) is 1.99. The molecule has 0 spiro atoms. The SMILES string of the molecule is CCCNC(=O)NC(=O)COC(=O)c1ccc(-c2ccc(OC(C)=O)cc2)cc1. The van der Waals surface area contributed by atoms with Gasteiger partial charge in [0.1, 0.15) is 5.75 Å². The molecule has 0 atom stereocenters. The van der Waals surface area contributed by atoms with Gasteiger partial charge in [0.2, 0.25) is 0 Å². The number of hydrogen-bond donors (Lipinski definition) is 2. The predicted octanol–water partition coefficient (Wildman–Crippen LogP) is 2.67. The first-order chi connectivity index (χ1) is 13.9. The summed E-state index contributed by atoms with van der Waals surface area (Å²) in [7, 11) is 0. The van der Waals surface area contributed by atoms with Gasteiger partial charge in [0, 0.05) is 13.5 Å². The van der Waals surface area contributed by atoms with Crippen LogP contribution in [0.2, 0.25) is 0 Å². The summed E-state index contributed by atoms with van der Waals surface area (Å²) in [5, 5.41) is 4.55. The van der Waals surface area contributed by atoms with Crippen LogP contribution in [0.5, 0.6) is 5.75 Å². The molecule has 0 aromatic heterocycles. The predicted molar refractivity (Wildman–Crippen MR) is 105 cm³/mol. The lowest BCUT2D eigenvalue weighted by atomic mass is 10.0. The van der Waals surface area contributed by atoms with Gasteiger partial charge in [0.25, 0.3) is 5.91 Å². The van der Waals surface area contributed by atoms with Crippen molar-refractivity contribution < 1.29 is 28.7 Å². The van der Waals surface area contributed by atoms with Crippen LogP contribution in [-0.4, -0.2) is 37.0 Å². The Morgan fingerprint density at radius 1 is 0.897 bits per heavy atom. The van der Waals surface area contributed by atoms with E-state index in [1.54, 1.807) is 48.5 Å².